The smallest absolute Gasteiger partial charge is 0.0988 e. The van der Waals surface area contributed by atoms with Gasteiger partial charge in [-0.05, 0) is 21.9 Å². The molecule has 0 N–H and O–H groups in total. The standard InChI is InChI=1S/C16H16Si/c1-12-13-8-4-5-9-14(13)15-10-6-7-11-16(15)17(12,2)3/h4-11H,1H2,2-3H3. The summed E-state index contributed by atoms with van der Waals surface area (Å²) in [6, 6.07) is 17.5. The molecule has 0 fully saturated rings. The van der Waals surface area contributed by atoms with Gasteiger partial charge in [-0.1, -0.05) is 73.4 Å². The normalized spacial score (nSPS) is 16.2. The topological polar surface area (TPSA) is 0 Å². The van der Waals surface area contributed by atoms with Gasteiger partial charge in [0.1, 0.15) is 8.07 Å². The summed E-state index contributed by atoms with van der Waals surface area (Å²) in [5.74, 6) is 0. The minimum atomic E-state index is -1.56. The first kappa shape index (κ1) is 10.5. The summed E-state index contributed by atoms with van der Waals surface area (Å²) >= 11 is 0. The van der Waals surface area contributed by atoms with Gasteiger partial charge in [-0.3, -0.25) is 0 Å². The fourth-order valence-electron chi connectivity index (χ4n) is 2.74. The van der Waals surface area contributed by atoms with Crippen molar-refractivity contribution in [2.75, 3.05) is 0 Å². The van der Waals surface area contributed by atoms with Crippen LogP contribution in [0.15, 0.2) is 55.1 Å². The van der Waals surface area contributed by atoms with E-state index in [9.17, 15) is 0 Å². The summed E-state index contributed by atoms with van der Waals surface area (Å²) in [5, 5.41) is 2.87. The predicted molar refractivity (Wildman–Crippen MR) is 78.0 cm³/mol. The zero-order chi connectivity index (χ0) is 12.0. The minimum absolute atomic E-state index is 1.35. The number of rotatable bonds is 0. The summed E-state index contributed by atoms with van der Waals surface area (Å²) in [7, 11) is -1.56. The second kappa shape index (κ2) is 3.44. The van der Waals surface area contributed by atoms with Crippen LogP contribution in [-0.4, -0.2) is 8.07 Å². The van der Waals surface area contributed by atoms with Crippen molar-refractivity contribution in [1.29, 1.82) is 0 Å². The Balaban J connectivity index is 2.42. The maximum absolute atomic E-state index is 4.37. The molecule has 0 aromatic heterocycles. The van der Waals surface area contributed by atoms with Gasteiger partial charge in [0.05, 0.1) is 0 Å². The number of hydrogen-bond donors (Lipinski definition) is 0. The van der Waals surface area contributed by atoms with Crippen LogP contribution in [0.1, 0.15) is 5.56 Å². The van der Waals surface area contributed by atoms with Gasteiger partial charge in [0.15, 0.2) is 0 Å². The zero-order valence-corrected chi connectivity index (χ0v) is 11.3. The van der Waals surface area contributed by atoms with E-state index >= 15 is 0 Å². The first-order valence-corrected chi connectivity index (χ1v) is 9.01. The van der Waals surface area contributed by atoms with E-state index in [1.54, 1.807) is 0 Å². The van der Waals surface area contributed by atoms with Crippen molar-refractivity contribution in [2.45, 2.75) is 13.1 Å². The van der Waals surface area contributed by atoms with Crippen LogP contribution in [-0.2, 0) is 0 Å². The SMILES string of the molecule is C=C1c2ccccc2-c2ccccc2[Si]1(C)C. The fraction of sp³-hybridized carbons (Fsp3) is 0.125. The van der Waals surface area contributed by atoms with Gasteiger partial charge in [-0.2, -0.15) is 0 Å². The minimum Gasteiger partial charge on any atom is -0.0988 e. The summed E-state index contributed by atoms with van der Waals surface area (Å²) in [6.07, 6.45) is 0. The molecular weight excluding hydrogens is 220 g/mol. The number of benzene rings is 2. The molecule has 0 saturated carbocycles. The summed E-state index contributed by atoms with van der Waals surface area (Å²) in [6.45, 7) is 9.15. The summed E-state index contributed by atoms with van der Waals surface area (Å²) < 4.78 is 0. The Labute approximate surface area is 104 Å². The molecule has 1 aliphatic rings. The second-order valence-electron chi connectivity index (χ2n) is 5.19. The molecule has 0 aliphatic carbocycles. The Hall–Kier alpha value is -1.60. The van der Waals surface area contributed by atoms with Crippen molar-refractivity contribution < 1.29 is 0 Å². The maximum atomic E-state index is 4.37. The van der Waals surface area contributed by atoms with E-state index in [4.69, 9.17) is 0 Å². The van der Waals surface area contributed by atoms with E-state index < -0.39 is 8.07 Å². The molecule has 1 aliphatic heterocycles. The average molecular weight is 236 g/mol. The molecule has 0 atom stereocenters. The molecule has 0 spiro atoms. The molecule has 2 aromatic carbocycles. The molecular formula is C16H16Si. The van der Waals surface area contributed by atoms with Gasteiger partial charge in [-0.25, -0.2) is 0 Å². The third-order valence-electron chi connectivity index (χ3n) is 3.90. The van der Waals surface area contributed by atoms with Crippen LogP contribution < -0.4 is 5.19 Å². The van der Waals surface area contributed by atoms with Crippen molar-refractivity contribution in [3.63, 3.8) is 0 Å². The average Bonchev–Trinajstić information content (AvgIpc) is 2.37. The predicted octanol–water partition coefficient (Wildman–Crippen LogP) is 3.84. The highest BCUT2D eigenvalue weighted by Gasteiger charge is 2.35. The molecule has 0 radical (unpaired) electrons. The van der Waals surface area contributed by atoms with E-state index in [0.29, 0.717) is 0 Å². The van der Waals surface area contributed by atoms with Crippen LogP contribution in [0.5, 0.6) is 0 Å². The highest BCUT2D eigenvalue weighted by Crippen LogP contribution is 2.38. The van der Waals surface area contributed by atoms with Gasteiger partial charge in [0.2, 0.25) is 0 Å². The molecule has 1 heteroatoms. The molecule has 1 heterocycles. The van der Waals surface area contributed by atoms with Crippen LogP contribution >= 0.6 is 0 Å². The van der Waals surface area contributed by atoms with E-state index in [1.165, 1.54) is 27.1 Å². The van der Waals surface area contributed by atoms with Gasteiger partial charge >= 0.3 is 0 Å². The maximum Gasteiger partial charge on any atom is 0.113 e. The first-order chi connectivity index (χ1) is 8.12. The van der Waals surface area contributed by atoms with Crippen molar-refractivity contribution in [3.8, 4) is 11.1 Å². The second-order valence-corrected chi connectivity index (χ2v) is 9.59. The lowest BCUT2D eigenvalue weighted by Crippen LogP contribution is -2.46. The Morgan fingerprint density at radius 1 is 0.765 bits per heavy atom. The lowest BCUT2D eigenvalue weighted by atomic mass is 9.99. The van der Waals surface area contributed by atoms with E-state index in [1.807, 2.05) is 0 Å². The third-order valence-corrected chi connectivity index (χ3v) is 7.46. The highest BCUT2D eigenvalue weighted by atomic mass is 28.3. The van der Waals surface area contributed by atoms with Crippen LogP contribution in [0.25, 0.3) is 16.3 Å². The zero-order valence-electron chi connectivity index (χ0n) is 10.3. The Kier molecular flexibility index (Phi) is 2.14. The monoisotopic (exact) mass is 236 g/mol. The quantitative estimate of drug-likeness (QED) is 0.610. The largest absolute Gasteiger partial charge is 0.113 e. The van der Waals surface area contributed by atoms with Crippen LogP contribution in [0.2, 0.25) is 13.1 Å². The van der Waals surface area contributed by atoms with E-state index in [-0.39, 0.29) is 0 Å². The first-order valence-electron chi connectivity index (χ1n) is 6.01. The van der Waals surface area contributed by atoms with Crippen molar-refractivity contribution in [3.05, 3.63) is 60.7 Å². The molecule has 0 saturated heterocycles. The van der Waals surface area contributed by atoms with Gasteiger partial charge in [-0.15, -0.1) is 0 Å². The molecule has 3 rings (SSSR count). The molecule has 0 amide bonds. The van der Waals surface area contributed by atoms with Gasteiger partial charge < -0.3 is 0 Å². The Morgan fingerprint density at radius 3 is 2.00 bits per heavy atom. The molecule has 84 valence electrons. The molecule has 0 unspecified atom stereocenters. The Bertz CT molecular complexity index is 608. The lowest BCUT2D eigenvalue weighted by Gasteiger charge is -2.34. The van der Waals surface area contributed by atoms with Crippen molar-refractivity contribution in [1.82, 2.24) is 0 Å². The van der Waals surface area contributed by atoms with E-state index in [2.05, 4.69) is 68.2 Å². The van der Waals surface area contributed by atoms with E-state index in [0.717, 1.165) is 0 Å². The summed E-state index contributed by atoms with van der Waals surface area (Å²) in [4.78, 5) is 0. The Morgan fingerprint density at radius 2 is 1.29 bits per heavy atom. The van der Waals surface area contributed by atoms with Crippen molar-refractivity contribution in [2.24, 2.45) is 0 Å². The van der Waals surface area contributed by atoms with Crippen LogP contribution in [0, 0.1) is 0 Å². The number of hydrogen-bond acceptors (Lipinski definition) is 0. The lowest BCUT2D eigenvalue weighted by molar-refractivity contribution is 1.55. The fourth-order valence-corrected chi connectivity index (χ4v) is 5.36. The third kappa shape index (κ3) is 1.36. The molecule has 17 heavy (non-hydrogen) atoms. The molecule has 0 nitrogen and oxygen atoms in total. The molecule has 0 bridgehead atoms. The van der Waals surface area contributed by atoms with Crippen LogP contribution in [0.4, 0.5) is 0 Å². The van der Waals surface area contributed by atoms with Crippen LogP contribution in [0.3, 0.4) is 0 Å². The van der Waals surface area contributed by atoms with Gasteiger partial charge in [0, 0.05) is 0 Å². The molecule has 2 aromatic rings. The summed E-state index contributed by atoms with van der Waals surface area (Å²) in [5.41, 5.74) is 4.11. The number of fused-ring (bicyclic) bond motifs is 3. The van der Waals surface area contributed by atoms with Gasteiger partial charge in [0.25, 0.3) is 0 Å². The van der Waals surface area contributed by atoms with Crippen molar-refractivity contribution >= 4 is 18.5 Å². The highest BCUT2D eigenvalue weighted by molar-refractivity contribution is 7.05.